The minimum atomic E-state index is -0.884. The first kappa shape index (κ1) is 28.2. The van der Waals surface area contributed by atoms with Gasteiger partial charge in [-0.3, -0.25) is 14.4 Å². The number of hydrogen-bond acceptors (Lipinski definition) is 5. The van der Waals surface area contributed by atoms with Crippen LogP contribution in [-0.4, -0.2) is 53.1 Å². The molecule has 1 aliphatic carbocycles. The fourth-order valence-electron chi connectivity index (χ4n) is 5.82. The summed E-state index contributed by atoms with van der Waals surface area (Å²) in [5.41, 5.74) is 1.30. The van der Waals surface area contributed by atoms with Crippen LogP contribution in [0.25, 0.3) is 0 Å². The number of benzene rings is 1. The minimum Gasteiger partial charge on any atom is -0.466 e. The summed E-state index contributed by atoms with van der Waals surface area (Å²) in [6.45, 7) is 9.60. The molecular formula is C28H39ClN2O5. The Labute approximate surface area is 219 Å². The third-order valence-electron chi connectivity index (χ3n) is 7.31. The lowest BCUT2D eigenvalue weighted by molar-refractivity contribution is -0.156. The number of hydrogen-bond donors (Lipinski definition) is 2. The number of allylic oxidation sites excluding steroid dienone is 1. The van der Waals surface area contributed by atoms with Crippen molar-refractivity contribution < 1.29 is 24.2 Å². The van der Waals surface area contributed by atoms with Crippen molar-refractivity contribution in [3.8, 4) is 0 Å². The average Bonchev–Trinajstić information content (AvgIpc) is 3.12. The van der Waals surface area contributed by atoms with E-state index in [4.69, 9.17) is 16.3 Å². The van der Waals surface area contributed by atoms with Crippen LogP contribution >= 0.6 is 11.6 Å². The Bertz CT molecular complexity index is 974. The number of aryl methyl sites for hydroxylation is 1. The molecule has 7 nitrogen and oxygen atoms in total. The first-order chi connectivity index (χ1) is 17.2. The van der Waals surface area contributed by atoms with E-state index in [0.29, 0.717) is 17.1 Å². The maximum Gasteiger partial charge on any atom is 0.310 e. The second-order valence-electron chi connectivity index (χ2n) is 10.3. The van der Waals surface area contributed by atoms with Gasteiger partial charge in [0.15, 0.2) is 0 Å². The van der Waals surface area contributed by atoms with Crippen LogP contribution in [0.15, 0.2) is 30.4 Å². The molecule has 0 saturated carbocycles. The van der Waals surface area contributed by atoms with Gasteiger partial charge in [-0.1, -0.05) is 63.1 Å². The number of halogens is 1. The summed E-state index contributed by atoms with van der Waals surface area (Å²) < 4.78 is 5.41. The van der Waals surface area contributed by atoms with Gasteiger partial charge in [0.05, 0.1) is 41.8 Å². The number of carbonyl (C=O) groups is 3. The minimum absolute atomic E-state index is 0.147. The zero-order valence-corrected chi connectivity index (χ0v) is 22.6. The van der Waals surface area contributed by atoms with Gasteiger partial charge >= 0.3 is 5.97 Å². The van der Waals surface area contributed by atoms with Gasteiger partial charge < -0.3 is 20.1 Å². The molecule has 36 heavy (non-hydrogen) atoms. The molecule has 2 N–H and O–H groups in total. The highest BCUT2D eigenvalue weighted by Gasteiger charge is 2.59. The summed E-state index contributed by atoms with van der Waals surface area (Å²) in [6.07, 6.45) is 6.01. The third kappa shape index (κ3) is 5.62. The van der Waals surface area contributed by atoms with Gasteiger partial charge in [-0.25, -0.2) is 0 Å². The number of aliphatic hydroxyl groups excluding tert-OH is 1. The summed E-state index contributed by atoms with van der Waals surface area (Å²) in [5, 5.41) is 13.7. The Morgan fingerprint density at radius 2 is 1.94 bits per heavy atom. The quantitative estimate of drug-likeness (QED) is 0.348. The molecule has 1 fully saturated rings. The molecule has 1 saturated heterocycles. The zero-order chi connectivity index (χ0) is 26.6. The normalized spacial score (nSPS) is 26.2. The number of nitrogens with zero attached hydrogens (tertiary/aromatic N) is 1. The van der Waals surface area contributed by atoms with Crippen LogP contribution in [0.1, 0.15) is 52.5 Å². The summed E-state index contributed by atoms with van der Waals surface area (Å²) in [4.78, 5) is 42.6. The highest BCUT2D eigenvalue weighted by molar-refractivity contribution is 6.34. The lowest BCUT2D eigenvalue weighted by Gasteiger charge is -2.34. The molecule has 8 heteroatoms. The van der Waals surface area contributed by atoms with Gasteiger partial charge in [0.1, 0.15) is 6.04 Å². The highest BCUT2D eigenvalue weighted by Crippen LogP contribution is 2.47. The van der Waals surface area contributed by atoms with Gasteiger partial charge in [-0.05, 0) is 50.2 Å². The van der Waals surface area contributed by atoms with Gasteiger partial charge in [-0.2, -0.15) is 0 Å². The van der Waals surface area contributed by atoms with Gasteiger partial charge in [0.25, 0.3) is 0 Å². The molecule has 0 bridgehead atoms. The smallest absolute Gasteiger partial charge is 0.310 e. The highest BCUT2D eigenvalue weighted by atomic mass is 35.5. The molecular weight excluding hydrogens is 480 g/mol. The number of anilines is 1. The molecule has 0 radical (unpaired) electrons. The Hall–Kier alpha value is -2.38. The second-order valence-corrected chi connectivity index (χ2v) is 10.7. The molecule has 2 amide bonds. The van der Waals surface area contributed by atoms with Crippen molar-refractivity contribution >= 4 is 35.1 Å². The number of likely N-dealkylation sites (tertiary alicyclic amines) is 1. The van der Waals surface area contributed by atoms with Crippen LogP contribution in [0.3, 0.4) is 0 Å². The van der Waals surface area contributed by atoms with Crippen LogP contribution in [0.2, 0.25) is 5.02 Å². The summed E-state index contributed by atoms with van der Waals surface area (Å²) in [7, 11) is 0. The van der Waals surface area contributed by atoms with Crippen LogP contribution in [0.5, 0.6) is 0 Å². The molecule has 6 atom stereocenters. The van der Waals surface area contributed by atoms with Crippen LogP contribution < -0.4 is 5.32 Å². The second kappa shape index (κ2) is 12.2. The molecule has 0 unspecified atom stereocenters. The lowest BCUT2D eigenvalue weighted by Crippen LogP contribution is -2.51. The van der Waals surface area contributed by atoms with Crippen molar-refractivity contribution in [3.05, 3.63) is 40.9 Å². The summed E-state index contributed by atoms with van der Waals surface area (Å²) in [6, 6.07) is 3.92. The topological polar surface area (TPSA) is 95.9 Å². The Balaban J connectivity index is 2.08. The lowest BCUT2D eigenvalue weighted by atomic mass is 9.69. The van der Waals surface area contributed by atoms with Crippen LogP contribution in [-0.2, 0) is 19.1 Å². The fourth-order valence-corrected chi connectivity index (χ4v) is 6.08. The van der Waals surface area contributed by atoms with E-state index in [1.165, 1.54) is 4.90 Å². The van der Waals surface area contributed by atoms with Gasteiger partial charge in [-0.15, -0.1) is 0 Å². The number of fused-ring (bicyclic) bond motifs is 1. The van der Waals surface area contributed by atoms with E-state index in [1.54, 1.807) is 19.1 Å². The predicted molar refractivity (Wildman–Crippen MR) is 140 cm³/mol. The number of carbonyl (C=O) groups excluding carboxylic acids is 3. The standard InChI is InChI=1S/C28H39ClN2O5/c1-6-9-18-12-13-20-23(22(18)28(35)36-7-2)27(34)31(19(15-32)14-16(3)4)25(20)26(33)30-24-17(5)10-8-11-21(24)29/h8,10-13,16,18-20,22-23,25,32H,6-7,9,14-15H2,1-5H3,(H,30,33)/t18-,19-,20+,22-,23-,25+/m1/s1. The number of amides is 2. The number of esters is 1. The molecule has 3 rings (SSSR count). The number of aliphatic hydroxyl groups is 1. The Kier molecular flexibility index (Phi) is 9.59. The van der Waals surface area contributed by atoms with E-state index in [-0.39, 0.29) is 36.9 Å². The van der Waals surface area contributed by atoms with E-state index in [1.807, 2.05) is 45.9 Å². The monoisotopic (exact) mass is 518 g/mol. The van der Waals surface area contributed by atoms with Gasteiger partial charge in [0, 0.05) is 5.92 Å². The number of ether oxygens (including phenoxy) is 1. The average molecular weight is 519 g/mol. The van der Waals surface area contributed by atoms with Crippen molar-refractivity contribution in [2.75, 3.05) is 18.5 Å². The first-order valence-corrected chi connectivity index (χ1v) is 13.4. The van der Waals surface area contributed by atoms with Crippen molar-refractivity contribution in [2.45, 2.75) is 66.0 Å². The molecule has 1 heterocycles. The molecule has 0 aromatic heterocycles. The van der Waals surface area contributed by atoms with E-state index in [9.17, 15) is 19.5 Å². The SMILES string of the molecule is CCC[C@@H]1C=C[C@H]2[C@@H](C(=O)N([C@@H](CO)CC(C)C)[C@@H]2C(=O)Nc2c(C)cccc2Cl)[C@@H]1C(=O)OCC. The van der Waals surface area contributed by atoms with E-state index >= 15 is 0 Å². The van der Waals surface area contributed by atoms with Crippen molar-refractivity contribution in [2.24, 2.45) is 29.6 Å². The zero-order valence-electron chi connectivity index (χ0n) is 21.9. The number of rotatable bonds is 10. The molecule has 0 spiro atoms. The van der Waals surface area contributed by atoms with E-state index < -0.39 is 35.8 Å². The fraction of sp³-hybridized carbons (Fsp3) is 0.607. The van der Waals surface area contributed by atoms with E-state index in [0.717, 1.165) is 18.4 Å². The maximum absolute atomic E-state index is 14.1. The van der Waals surface area contributed by atoms with Crippen LogP contribution in [0, 0.1) is 36.5 Å². The van der Waals surface area contributed by atoms with Crippen molar-refractivity contribution in [3.63, 3.8) is 0 Å². The van der Waals surface area contributed by atoms with Crippen LogP contribution in [0.4, 0.5) is 5.69 Å². The molecule has 2 aliphatic rings. The largest absolute Gasteiger partial charge is 0.466 e. The third-order valence-corrected chi connectivity index (χ3v) is 7.63. The molecule has 1 aromatic rings. The molecule has 1 aliphatic heterocycles. The molecule has 198 valence electrons. The number of para-hydroxylation sites is 1. The van der Waals surface area contributed by atoms with E-state index in [2.05, 4.69) is 5.32 Å². The maximum atomic E-state index is 14.1. The predicted octanol–water partition coefficient (Wildman–Crippen LogP) is 4.60. The van der Waals surface area contributed by atoms with Crippen molar-refractivity contribution in [1.29, 1.82) is 0 Å². The van der Waals surface area contributed by atoms with Crippen molar-refractivity contribution in [1.82, 2.24) is 4.90 Å². The Morgan fingerprint density at radius 1 is 1.22 bits per heavy atom. The molecule has 1 aromatic carbocycles. The Morgan fingerprint density at radius 3 is 2.53 bits per heavy atom. The summed E-state index contributed by atoms with van der Waals surface area (Å²) in [5.74, 6) is -2.94. The first-order valence-electron chi connectivity index (χ1n) is 13.0. The van der Waals surface area contributed by atoms with Gasteiger partial charge in [0.2, 0.25) is 11.8 Å². The summed E-state index contributed by atoms with van der Waals surface area (Å²) >= 11 is 6.38. The number of nitrogens with one attached hydrogen (secondary N) is 1.